The topological polar surface area (TPSA) is 68.3 Å². The smallest absolute Gasteiger partial charge is 0.260 e. The van der Waals surface area contributed by atoms with E-state index < -0.39 is 0 Å². The molecule has 0 N–H and O–H groups in total. The number of para-hydroxylation sites is 1. The molecule has 1 rings (SSSR count). The number of amides is 2. The Morgan fingerprint density at radius 1 is 1.17 bits per heavy atom. The molecule has 2 amide bonds. The minimum atomic E-state index is -0.175. The van der Waals surface area contributed by atoms with Gasteiger partial charge in [-0.2, -0.15) is 0 Å². The van der Waals surface area contributed by atoms with E-state index in [4.69, 9.17) is 14.2 Å². The van der Waals surface area contributed by atoms with Gasteiger partial charge in [-0.05, 0) is 44.9 Å². The van der Waals surface area contributed by atoms with Crippen molar-refractivity contribution in [2.24, 2.45) is 0 Å². The maximum atomic E-state index is 13.0. The van der Waals surface area contributed by atoms with Crippen molar-refractivity contribution < 1.29 is 23.8 Å². The van der Waals surface area contributed by atoms with Gasteiger partial charge in [-0.25, -0.2) is 0 Å². The molecule has 0 aliphatic heterocycles. The molecule has 1 aromatic carbocycles. The molecule has 0 aliphatic carbocycles. The number of methoxy groups -OCH3 is 2. The highest BCUT2D eigenvalue weighted by molar-refractivity contribution is 5.97. The standard InChI is InChI=1S/C23H34N2O5/c1-7-25(23(27)19-12-10-13-20(28-5)22(19)29-6)15-14-24(4)21(26)17-30-16-9-8-11-18(2)3/h9-10,12-13,16H,2,7-8,11,14-15,17H2,1,3-6H3/b16-9+. The fourth-order valence-electron chi connectivity index (χ4n) is 2.72. The molecule has 0 atom stereocenters. The number of nitrogens with zero attached hydrogens (tertiary/aromatic N) is 2. The van der Waals surface area contributed by atoms with E-state index in [2.05, 4.69) is 6.58 Å². The van der Waals surface area contributed by atoms with Crippen LogP contribution in [0.5, 0.6) is 11.5 Å². The highest BCUT2D eigenvalue weighted by Crippen LogP contribution is 2.31. The van der Waals surface area contributed by atoms with Crippen molar-refractivity contribution in [1.29, 1.82) is 0 Å². The summed E-state index contributed by atoms with van der Waals surface area (Å²) in [7, 11) is 4.73. The van der Waals surface area contributed by atoms with Crippen LogP contribution in [0.15, 0.2) is 42.7 Å². The number of carbonyl (C=O) groups excluding carboxylic acids is 2. The second kappa shape index (κ2) is 13.3. The quantitative estimate of drug-likeness (QED) is 0.362. The zero-order valence-electron chi connectivity index (χ0n) is 18.8. The third kappa shape index (κ3) is 7.81. The maximum Gasteiger partial charge on any atom is 0.260 e. The van der Waals surface area contributed by atoms with Gasteiger partial charge in [0.1, 0.15) is 0 Å². The van der Waals surface area contributed by atoms with Crippen LogP contribution in [0.3, 0.4) is 0 Å². The van der Waals surface area contributed by atoms with Crippen molar-refractivity contribution in [3.63, 3.8) is 0 Å². The molecule has 0 aromatic heterocycles. The molecule has 0 radical (unpaired) electrons. The van der Waals surface area contributed by atoms with Crippen LogP contribution in [0.4, 0.5) is 0 Å². The molecule has 0 saturated carbocycles. The van der Waals surface area contributed by atoms with E-state index in [-0.39, 0.29) is 18.4 Å². The molecule has 166 valence electrons. The fraction of sp³-hybridized carbons (Fsp3) is 0.478. The van der Waals surface area contributed by atoms with Crippen molar-refractivity contribution in [3.05, 3.63) is 48.3 Å². The van der Waals surface area contributed by atoms with E-state index >= 15 is 0 Å². The molecular weight excluding hydrogens is 384 g/mol. The summed E-state index contributed by atoms with van der Waals surface area (Å²) in [6, 6.07) is 5.19. The number of benzene rings is 1. The van der Waals surface area contributed by atoms with Crippen molar-refractivity contribution in [2.75, 3.05) is 47.5 Å². The van der Waals surface area contributed by atoms with E-state index in [1.165, 1.54) is 14.2 Å². The van der Waals surface area contributed by atoms with E-state index in [9.17, 15) is 9.59 Å². The third-order valence-corrected chi connectivity index (χ3v) is 4.57. The summed E-state index contributed by atoms with van der Waals surface area (Å²) in [5, 5.41) is 0. The first-order valence-electron chi connectivity index (χ1n) is 10.0. The normalized spacial score (nSPS) is 10.6. The Morgan fingerprint density at radius 3 is 2.50 bits per heavy atom. The van der Waals surface area contributed by atoms with Gasteiger partial charge in [-0.3, -0.25) is 9.59 Å². The van der Waals surface area contributed by atoms with E-state index in [1.54, 1.807) is 41.3 Å². The Morgan fingerprint density at radius 2 is 1.90 bits per heavy atom. The fourth-order valence-corrected chi connectivity index (χ4v) is 2.72. The van der Waals surface area contributed by atoms with Gasteiger partial charge in [0, 0.05) is 26.7 Å². The lowest BCUT2D eigenvalue weighted by Gasteiger charge is -2.25. The monoisotopic (exact) mass is 418 g/mol. The molecule has 0 saturated heterocycles. The largest absolute Gasteiger partial charge is 0.493 e. The minimum absolute atomic E-state index is 0.0378. The highest BCUT2D eigenvalue weighted by Gasteiger charge is 2.21. The first-order valence-corrected chi connectivity index (χ1v) is 10.0. The Hall–Kier alpha value is -2.96. The van der Waals surface area contributed by atoms with Crippen LogP contribution < -0.4 is 9.47 Å². The predicted octanol–water partition coefficient (Wildman–Crippen LogP) is 3.51. The number of allylic oxidation sites excluding steroid dienone is 2. The van der Waals surface area contributed by atoms with Gasteiger partial charge < -0.3 is 24.0 Å². The molecule has 0 unspecified atom stereocenters. The lowest BCUT2D eigenvalue weighted by atomic mass is 10.1. The van der Waals surface area contributed by atoms with Crippen LogP contribution in [-0.2, 0) is 9.53 Å². The molecule has 7 nitrogen and oxygen atoms in total. The third-order valence-electron chi connectivity index (χ3n) is 4.57. The summed E-state index contributed by atoms with van der Waals surface area (Å²) in [6.07, 6.45) is 5.15. The number of carbonyl (C=O) groups is 2. The van der Waals surface area contributed by atoms with Crippen LogP contribution in [0.25, 0.3) is 0 Å². The summed E-state index contributed by atoms with van der Waals surface area (Å²) in [5.74, 6) is 0.577. The molecular formula is C23H34N2O5. The summed E-state index contributed by atoms with van der Waals surface area (Å²) in [5.41, 5.74) is 1.54. The first-order chi connectivity index (χ1) is 14.3. The molecule has 0 aliphatic rings. The van der Waals surface area contributed by atoms with Crippen molar-refractivity contribution in [1.82, 2.24) is 9.80 Å². The van der Waals surface area contributed by atoms with Gasteiger partial charge in [0.2, 0.25) is 0 Å². The molecule has 0 fully saturated rings. The van der Waals surface area contributed by atoms with E-state index in [0.717, 1.165) is 18.4 Å². The SMILES string of the molecule is C=C(C)CC/C=C/OCC(=O)N(C)CCN(CC)C(=O)c1cccc(OC)c1OC. The Labute approximate surface area is 179 Å². The van der Waals surface area contributed by atoms with E-state index in [1.807, 2.05) is 19.9 Å². The van der Waals surface area contributed by atoms with Gasteiger partial charge in [0.05, 0.1) is 26.0 Å². The van der Waals surface area contributed by atoms with Gasteiger partial charge in [0.25, 0.3) is 11.8 Å². The summed E-state index contributed by atoms with van der Waals surface area (Å²) in [4.78, 5) is 28.4. The predicted molar refractivity (Wildman–Crippen MR) is 118 cm³/mol. The molecule has 7 heteroatoms. The van der Waals surface area contributed by atoms with Gasteiger partial charge >= 0.3 is 0 Å². The second-order valence-corrected chi connectivity index (χ2v) is 6.92. The van der Waals surface area contributed by atoms with Crippen LogP contribution in [-0.4, -0.2) is 69.1 Å². The molecule has 30 heavy (non-hydrogen) atoms. The lowest BCUT2D eigenvalue weighted by molar-refractivity contribution is -0.133. The summed E-state index contributed by atoms with van der Waals surface area (Å²) >= 11 is 0. The van der Waals surface area contributed by atoms with Crippen LogP contribution in [0.1, 0.15) is 37.0 Å². The van der Waals surface area contributed by atoms with Crippen LogP contribution in [0, 0.1) is 0 Å². The van der Waals surface area contributed by atoms with Crippen molar-refractivity contribution in [2.45, 2.75) is 26.7 Å². The maximum absolute atomic E-state index is 13.0. The minimum Gasteiger partial charge on any atom is -0.493 e. The average Bonchev–Trinajstić information content (AvgIpc) is 2.74. The Balaban J connectivity index is 2.59. The average molecular weight is 419 g/mol. The van der Waals surface area contributed by atoms with Gasteiger partial charge in [-0.1, -0.05) is 11.6 Å². The van der Waals surface area contributed by atoms with Crippen LogP contribution in [0.2, 0.25) is 0 Å². The number of hydrogen-bond acceptors (Lipinski definition) is 5. The number of rotatable bonds is 13. The Kier molecular flexibility index (Phi) is 11.1. The van der Waals surface area contributed by atoms with E-state index in [0.29, 0.717) is 36.7 Å². The summed E-state index contributed by atoms with van der Waals surface area (Å²) in [6.45, 7) is 8.96. The number of hydrogen-bond donors (Lipinski definition) is 0. The summed E-state index contributed by atoms with van der Waals surface area (Å²) < 4.78 is 15.9. The molecule has 0 spiro atoms. The van der Waals surface area contributed by atoms with Crippen molar-refractivity contribution in [3.8, 4) is 11.5 Å². The molecule has 0 heterocycles. The van der Waals surface area contributed by atoms with Crippen LogP contribution >= 0.6 is 0 Å². The van der Waals surface area contributed by atoms with Gasteiger partial charge in [0.15, 0.2) is 18.1 Å². The highest BCUT2D eigenvalue weighted by atomic mass is 16.5. The molecule has 1 aromatic rings. The van der Waals surface area contributed by atoms with Crippen molar-refractivity contribution >= 4 is 11.8 Å². The second-order valence-electron chi connectivity index (χ2n) is 6.92. The first kappa shape index (κ1) is 25.1. The zero-order chi connectivity index (χ0) is 22.5. The van der Waals surface area contributed by atoms with Gasteiger partial charge in [-0.15, -0.1) is 6.58 Å². The number of likely N-dealkylation sites (N-methyl/N-ethyl adjacent to an activating group) is 2. The number of ether oxygens (including phenoxy) is 3. The Bertz CT molecular complexity index is 745. The zero-order valence-corrected chi connectivity index (χ0v) is 18.8. The lowest BCUT2D eigenvalue weighted by Crippen LogP contribution is -2.40. The molecule has 0 bridgehead atoms.